The number of hydrogen-bond donors (Lipinski definition) is 0. The van der Waals surface area contributed by atoms with Crippen LogP contribution in [-0.2, 0) is 19.4 Å². The lowest BCUT2D eigenvalue weighted by molar-refractivity contribution is -0.120. The molecular formula is C22H23ClN2O4S. The number of benzene rings is 2. The summed E-state index contributed by atoms with van der Waals surface area (Å²) in [6, 6.07) is 10.0. The van der Waals surface area contributed by atoms with Crippen LogP contribution in [0.2, 0.25) is 5.02 Å². The first-order valence-corrected chi connectivity index (χ1v) is 12.1. The van der Waals surface area contributed by atoms with Crippen LogP contribution in [0, 0.1) is 5.92 Å². The maximum absolute atomic E-state index is 13.0. The van der Waals surface area contributed by atoms with Crippen molar-refractivity contribution in [2.75, 3.05) is 22.6 Å². The largest absolute Gasteiger partial charge is 0.308 e. The summed E-state index contributed by atoms with van der Waals surface area (Å²) < 4.78 is 24.0. The third kappa shape index (κ3) is 3.84. The summed E-state index contributed by atoms with van der Waals surface area (Å²) in [5.74, 6) is 0.0316. The van der Waals surface area contributed by atoms with Crippen LogP contribution in [0.15, 0.2) is 41.3 Å². The van der Waals surface area contributed by atoms with Gasteiger partial charge in [-0.15, -0.1) is 0 Å². The molecule has 0 bridgehead atoms. The van der Waals surface area contributed by atoms with Crippen LogP contribution >= 0.6 is 11.6 Å². The van der Waals surface area contributed by atoms with E-state index in [2.05, 4.69) is 0 Å². The smallest absolute Gasteiger partial charge is 0.230 e. The van der Waals surface area contributed by atoms with Crippen LogP contribution in [0.5, 0.6) is 0 Å². The van der Waals surface area contributed by atoms with Gasteiger partial charge in [0.15, 0.2) is 9.84 Å². The Kier molecular flexibility index (Phi) is 5.14. The van der Waals surface area contributed by atoms with Gasteiger partial charge in [0, 0.05) is 30.7 Å². The van der Waals surface area contributed by atoms with Crippen molar-refractivity contribution >= 4 is 44.6 Å². The molecule has 1 unspecified atom stereocenters. The molecule has 1 atom stereocenters. The minimum atomic E-state index is -3.43. The van der Waals surface area contributed by atoms with Gasteiger partial charge < -0.3 is 9.80 Å². The fourth-order valence-electron chi connectivity index (χ4n) is 3.99. The Hall–Kier alpha value is -2.38. The summed E-state index contributed by atoms with van der Waals surface area (Å²) >= 11 is 6.18. The van der Waals surface area contributed by atoms with Crippen LogP contribution in [0.25, 0.3) is 11.1 Å². The molecule has 30 heavy (non-hydrogen) atoms. The van der Waals surface area contributed by atoms with E-state index < -0.39 is 9.84 Å². The maximum Gasteiger partial charge on any atom is 0.230 e. The van der Waals surface area contributed by atoms with E-state index in [9.17, 15) is 18.0 Å². The van der Waals surface area contributed by atoms with E-state index in [-0.39, 0.29) is 28.7 Å². The van der Waals surface area contributed by atoms with Crippen molar-refractivity contribution in [1.29, 1.82) is 0 Å². The van der Waals surface area contributed by atoms with Gasteiger partial charge in [-0.25, -0.2) is 8.42 Å². The molecule has 2 amide bonds. The Bertz CT molecular complexity index is 1160. The van der Waals surface area contributed by atoms with Gasteiger partial charge in [0.05, 0.1) is 22.3 Å². The molecule has 0 spiro atoms. The predicted octanol–water partition coefficient (Wildman–Crippen LogP) is 3.91. The van der Waals surface area contributed by atoms with Crippen LogP contribution in [0.3, 0.4) is 0 Å². The summed E-state index contributed by atoms with van der Waals surface area (Å²) in [6.07, 6.45) is 2.92. The zero-order valence-electron chi connectivity index (χ0n) is 17.1. The van der Waals surface area contributed by atoms with Gasteiger partial charge in [0.25, 0.3) is 0 Å². The molecule has 0 radical (unpaired) electrons. The van der Waals surface area contributed by atoms with Crippen molar-refractivity contribution in [3.8, 4) is 11.1 Å². The Morgan fingerprint density at radius 1 is 1.03 bits per heavy atom. The number of rotatable bonds is 3. The third-order valence-corrected chi connectivity index (χ3v) is 6.89. The molecule has 6 nitrogen and oxygen atoms in total. The molecule has 1 heterocycles. The lowest BCUT2D eigenvalue weighted by Crippen LogP contribution is -2.51. The van der Waals surface area contributed by atoms with Crippen molar-refractivity contribution in [2.24, 2.45) is 5.92 Å². The van der Waals surface area contributed by atoms with E-state index in [1.807, 2.05) is 25.1 Å². The van der Waals surface area contributed by atoms with E-state index in [1.165, 1.54) is 13.0 Å². The Morgan fingerprint density at radius 2 is 1.73 bits per heavy atom. The van der Waals surface area contributed by atoms with Crippen LogP contribution in [0.1, 0.15) is 26.7 Å². The monoisotopic (exact) mass is 446 g/mol. The number of carbonyl (C=O) groups excluding carboxylic acids is 2. The first kappa shape index (κ1) is 20.9. The van der Waals surface area contributed by atoms with Crippen molar-refractivity contribution in [3.63, 3.8) is 0 Å². The number of hydrogen-bond acceptors (Lipinski definition) is 4. The number of anilines is 2. The highest BCUT2D eigenvalue weighted by molar-refractivity contribution is 7.90. The molecular weight excluding hydrogens is 424 g/mol. The summed E-state index contributed by atoms with van der Waals surface area (Å²) in [4.78, 5) is 28.8. The van der Waals surface area contributed by atoms with Crippen LogP contribution < -0.4 is 9.80 Å². The van der Waals surface area contributed by atoms with E-state index in [0.29, 0.717) is 28.5 Å². The molecule has 1 aliphatic carbocycles. The van der Waals surface area contributed by atoms with Gasteiger partial charge in [-0.3, -0.25) is 9.59 Å². The van der Waals surface area contributed by atoms with Gasteiger partial charge in [-0.2, -0.15) is 0 Å². The molecule has 1 fully saturated rings. The standard InChI is InChI=1S/C22H23ClN2O4S/c1-13-12-24(22(27)15-4-5-15)21-10-16(6-7-20(21)25(13)14(2)26)17-8-18(23)11-19(9-17)30(3,28)29/h6-11,13,15H,4-5,12H2,1-3H3. The number of nitrogens with zero attached hydrogens (tertiary/aromatic N) is 2. The quantitative estimate of drug-likeness (QED) is 0.716. The minimum Gasteiger partial charge on any atom is -0.308 e. The van der Waals surface area contributed by atoms with E-state index in [4.69, 9.17) is 11.6 Å². The fraction of sp³-hybridized carbons (Fsp3) is 0.364. The molecule has 2 aromatic rings. The number of halogens is 1. The number of amides is 2. The Balaban J connectivity index is 1.86. The normalized spacial score (nSPS) is 18.9. The third-order valence-electron chi connectivity index (χ3n) is 5.58. The van der Waals surface area contributed by atoms with Crippen molar-refractivity contribution in [1.82, 2.24) is 0 Å². The highest BCUT2D eigenvalue weighted by Gasteiger charge is 2.39. The van der Waals surface area contributed by atoms with Gasteiger partial charge >= 0.3 is 0 Å². The van der Waals surface area contributed by atoms with E-state index in [1.54, 1.807) is 21.9 Å². The van der Waals surface area contributed by atoms with Gasteiger partial charge in [-0.05, 0) is 61.2 Å². The molecule has 0 aromatic heterocycles. The molecule has 1 aliphatic heterocycles. The molecule has 4 rings (SSSR count). The first-order chi connectivity index (χ1) is 14.1. The Morgan fingerprint density at radius 3 is 2.33 bits per heavy atom. The van der Waals surface area contributed by atoms with Crippen molar-refractivity contribution < 1.29 is 18.0 Å². The van der Waals surface area contributed by atoms with E-state index in [0.717, 1.165) is 24.7 Å². The average molecular weight is 447 g/mol. The maximum atomic E-state index is 13.0. The van der Waals surface area contributed by atoms with Crippen molar-refractivity contribution in [2.45, 2.75) is 37.6 Å². The number of sulfone groups is 1. The Labute approximate surface area is 181 Å². The van der Waals surface area contributed by atoms with Gasteiger partial charge in [0.2, 0.25) is 11.8 Å². The molecule has 2 aliphatic rings. The highest BCUT2D eigenvalue weighted by Crippen LogP contribution is 2.42. The SMILES string of the molecule is CC(=O)N1c2ccc(-c3cc(Cl)cc(S(C)(=O)=O)c3)cc2N(C(=O)C2CC2)CC1C. The second-order valence-corrected chi connectivity index (χ2v) is 10.6. The predicted molar refractivity (Wildman–Crippen MR) is 118 cm³/mol. The molecule has 1 saturated carbocycles. The fourth-order valence-corrected chi connectivity index (χ4v) is 4.97. The summed E-state index contributed by atoms with van der Waals surface area (Å²) in [6.45, 7) is 3.87. The first-order valence-electron chi connectivity index (χ1n) is 9.82. The zero-order valence-corrected chi connectivity index (χ0v) is 18.6. The topological polar surface area (TPSA) is 74.8 Å². The highest BCUT2D eigenvalue weighted by atomic mass is 35.5. The number of carbonyl (C=O) groups is 2. The molecule has 0 saturated heterocycles. The van der Waals surface area contributed by atoms with Crippen LogP contribution in [0.4, 0.5) is 11.4 Å². The summed E-state index contributed by atoms with van der Waals surface area (Å²) in [5.41, 5.74) is 2.72. The second-order valence-electron chi connectivity index (χ2n) is 8.11. The molecule has 0 N–H and O–H groups in total. The number of fused-ring (bicyclic) bond motifs is 1. The second kappa shape index (κ2) is 7.39. The molecule has 158 valence electrons. The average Bonchev–Trinajstić information content (AvgIpc) is 3.50. The van der Waals surface area contributed by atoms with Crippen LogP contribution in [-0.4, -0.2) is 39.1 Å². The minimum absolute atomic E-state index is 0.0422. The van der Waals surface area contributed by atoms with Crippen molar-refractivity contribution in [3.05, 3.63) is 41.4 Å². The zero-order chi connectivity index (χ0) is 21.8. The van der Waals surface area contributed by atoms with Gasteiger partial charge in [-0.1, -0.05) is 17.7 Å². The summed E-state index contributed by atoms with van der Waals surface area (Å²) in [7, 11) is -3.43. The van der Waals surface area contributed by atoms with Gasteiger partial charge in [0.1, 0.15) is 0 Å². The van der Waals surface area contributed by atoms with E-state index >= 15 is 0 Å². The molecule has 8 heteroatoms. The lowest BCUT2D eigenvalue weighted by Gasteiger charge is -2.41. The lowest BCUT2D eigenvalue weighted by atomic mass is 10.00. The summed E-state index contributed by atoms with van der Waals surface area (Å²) in [5, 5.41) is 0.315. The molecule has 2 aromatic carbocycles.